The predicted octanol–water partition coefficient (Wildman–Crippen LogP) is 6.95. The molecule has 0 spiro atoms. The molecule has 3 amide bonds. The van der Waals surface area contributed by atoms with Crippen molar-refractivity contribution in [3.63, 3.8) is 0 Å². The molecule has 1 unspecified atom stereocenters. The maximum atomic E-state index is 13.2. The van der Waals surface area contributed by atoms with Crippen LogP contribution in [0.25, 0.3) is 17.3 Å². The van der Waals surface area contributed by atoms with Gasteiger partial charge < -0.3 is 29.8 Å². The molecular weight excluding hydrogens is 625 g/mol. The van der Waals surface area contributed by atoms with Crippen LogP contribution >= 0.6 is 23.1 Å². The first-order valence-electron chi connectivity index (χ1n) is 14.0. The minimum absolute atomic E-state index is 0.0176. The minimum Gasteiger partial charge on any atom is -0.493 e. The van der Waals surface area contributed by atoms with Gasteiger partial charge in [0.05, 0.1) is 31.4 Å². The van der Waals surface area contributed by atoms with Gasteiger partial charge in [0.2, 0.25) is 5.91 Å². The molecule has 5 rings (SSSR count). The van der Waals surface area contributed by atoms with E-state index < -0.39 is 17.1 Å². The molecule has 2 aromatic heterocycles. The predicted molar refractivity (Wildman–Crippen MR) is 180 cm³/mol. The number of anilines is 2. The maximum absolute atomic E-state index is 13.2. The van der Waals surface area contributed by atoms with Crippen molar-refractivity contribution in [3.05, 3.63) is 114 Å². The highest BCUT2D eigenvalue weighted by Gasteiger charge is 2.18. The molecule has 0 radical (unpaired) electrons. The molecule has 0 aliphatic heterocycles. The molecule has 46 heavy (non-hydrogen) atoms. The largest absolute Gasteiger partial charge is 0.493 e. The van der Waals surface area contributed by atoms with Crippen molar-refractivity contribution >= 4 is 57.7 Å². The topological polar surface area (TPSA) is 132 Å². The van der Waals surface area contributed by atoms with Crippen LogP contribution in [0.1, 0.15) is 23.0 Å². The van der Waals surface area contributed by atoms with Gasteiger partial charge in [-0.1, -0.05) is 18.2 Å². The molecule has 0 saturated carbocycles. The summed E-state index contributed by atoms with van der Waals surface area (Å²) in [6.45, 7) is 1.81. The zero-order valence-corrected chi connectivity index (χ0v) is 26.7. The first kappa shape index (κ1) is 32.1. The maximum Gasteiger partial charge on any atom is 0.272 e. The van der Waals surface area contributed by atoms with Gasteiger partial charge in [0, 0.05) is 33.2 Å². The lowest BCUT2D eigenvalue weighted by Crippen LogP contribution is -2.30. The third kappa shape index (κ3) is 8.23. The highest BCUT2D eigenvalue weighted by atomic mass is 32.2. The van der Waals surface area contributed by atoms with E-state index >= 15 is 0 Å². The SMILES string of the molecule is COc1ccc(-c2csc(NC(=O)C(C)Sc3ccc(NC(=O)/C(=C/c4ccco4)NC(=O)c4ccccc4)cc3)n2)cc1OC. The summed E-state index contributed by atoms with van der Waals surface area (Å²) in [6, 6.07) is 24.6. The van der Waals surface area contributed by atoms with E-state index in [-0.39, 0.29) is 11.6 Å². The van der Waals surface area contributed by atoms with E-state index in [4.69, 9.17) is 13.9 Å². The van der Waals surface area contributed by atoms with Crippen LogP contribution in [0.15, 0.2) is 112 Å². The smallest absolute Gasteiger partial charge is 0.272 e. The average molecular weight is 655 g/mol. The summed E-state index contributed by atoms with van der Waals surface area (Å²) in [5.74, 6) is 0.474. The van der Waals surface area contributed by atoms with Crippen LogP contribution in [0, 0.1) is 0 Å². The number of nitrogens with zero attached hydrogens (tertiary/aromatic N) is 1. The summed E-state index contributed by atoms with van der Waals surface area (Å²) < 4.78 is 16.0. The monoisotopic (exact) mass is 654 g/mol. The second-order valence-corrected chi connectivity index (χ2v) is 12.0. The molecule has 234 valence electrons. The number of carbonyl (C=O) groups is 3. The minimum atomic E-state index is -0.523. The van der Waals surface area contributed by atoms with Gasteiger partial charge >= 0.3 is 0 Å². The fourth-order valence-electron chi connectivity index (χ4n) is 4.20. The van der Waals surface area contributed by atoms with E-state index in [1.807, 2.05) is 23.6 Å². The molecule has 0 fully saturated rings. The van der Waals surface area contributed by atoms with Crippen LogP contribution in [0.2, 0.25) is 0 Å². The Balaban J connectivity index is 1.18. The molecule has 5 aromatic rings. The van der Waals surface area contributed by atoms with E-state index in [9.17, 15) is 14.4 Å². The molecule has 3 N–H and O–H groups in total. The number of hydrogen-bond acceptors (Lipinski definition) is 9. The fourth-order valence-corrected chi connectivity index (χ4v) is 5.79. The number of benzene rings is 3. The van der Waals surface area contributed by atoms with Crippen LogP contribution < -0.4 is 25.4 Å². The molecule has 2 heterocycles. The molecule has 0 saturated heterocycles. The number of amides is 3. The fraction of sp³-hybridized carbons (Fsp3) is 0.118. The van der Waals surface area contributed by atoms with Crippen molar-refractivity contribution in [1.82, 2.24) is 10.3 Å². The lowest BCUT2D eigenvalue weighted by molar-refractivity contribution is -0.115. The van der Waals surface area contributed by atoms with E-state index in [0.29, 0.717) is 39.3 Å². The van der Waals surface area contributed by atoms with Crippen molar-refractivity contribution in [2.75, 3.05) is 24.9 Å². The quantitative estimate of drug-likeness (QED) is 0.0973. The zero-order chi connectivity index (χ0) is 32.5. The third-order valence-electron chi connectivity index (χ3n) is 6.57. The Hall–Kier alpha value is -5.33. The zero-order valence-electron chi connectivity index (χ0n) is 25.1. The van der Waals surface area contributed by atoms with Crippen LogP contribution in [-0.2, 0) is 9.59 Å². The number of thioether (sulfide) groups is 1. The Morgan fingerprint density at radius 3 is 2.37 bits per heavy atom. The Bertz CT molecular complexity index is 1840. The third-order valence-corrected chi connectivity index (χ3v) is 8.44. The number of hydrogen-bond donors (Lipinski definition) is 3. The van der Waals surface area contributed by atoms with Crippen LogP contribution in [0.3, 0.4) is 0 Å². The van der Waals surface area contributed by atoms with Crippen molar-refractivity contribution in [2.45, 2.75) is 17.1 Å². The molecule has 12 heteroatoms. The molecule has 3 aromatic carbocycles. The van der Waals surface area contributed by atoms with Crippen LogP contribution in [0.5, 0.6) is 11.5 Å². The second-order valence-electron chi connectivity index (χ2n) is 9.73. The van der Waals surface area contributed by atoms with Crippen molar-refractivity contribution in [2.24, 2.45) is 0 Å². The van der Waals surface area contributed by atoms with E-state index in [1.54, 1.807) is 87.9 Å². The van der Waals surface area contributed by atoms with Gasteiger partial charge in [0.25, 0.3) is 11.8 Å². The van der Waals surface area contributed by atoms with Gasteiger partial charge in [-0.25, -0.2) is 4.98 Å². The Labute approximate surface area is 273 Å². The first-order chi connectivity index (χ1) is 22.3. The molecule has 10 nitrogen and oxygen atoms in total. The summed E-state index contributed by atoms with van der Waals surface area (Å²) in [5.41, 5.74) is 2.49. The Kier molecular flexibility index (Phi) is 10.5. The van der Waals surface area contributed by atoms with E-state index in [1.165, 1.54) is 35.4 Å². The lowest BCUT2D eigenvalue weighted by Gasteiger charge is -2.13. The molecule has 0 aliphatic carbocycles. The summed E-state index contributed by atoms with van der Waals surface area (Å²) >= 11 is 2.70. The summed E-state index contributed by atoms with van der Waals surface area (Å²) in [7, 11) is 3.15. The highest BCUT2D eigenvalue weighted by molar-refractivity contribution is 8.00. The summed E-state index contributed by atoms with van der Waals surface area (Å²) in [6.07, 6.45) is 2.94. The number of ether oxygens (including phenoxy) is 2. The second kappa shape index (κ2) is 15.1. The molecule has 0 aliphatic rings. The van der Waals surface area contributed by atoms with Gasteiger partial charge in [-0.15, -0.1) is 23.1 Å². The standard InChI is InChI=1S/C34H30N4O6S2/c1-21(31(39)38-34-37-28(20-45-34)23-11-16-29(42-2)30(18-23)43-3)46-26-14-12-24(13-15-26)35-33(41)27(19-25-10-7-17-44-25)36-32(40)22-8-5-4-6-9-22/h4-21H,1-3H3,(H,35,41)(H,36,40)(H,37,38,39)/b27-19-. The number of rotatable bonds is 12. The summed E-state index contributed by atoms with van der Waals surface area (Å²) in [5, 5.41) is 10.3. The molecule has 0 bridgehead atoms. The number of furan rings is 1. The van der Waals surface area contributed by atoms with Crippen molar-refractivity contribution in [1.29, 1.82) is 0 Å². The summed E-state index contributed by atoms with van der Waals surface area (Å²) in [4.78, 5) is 44.3. The number of thiazole rings is 1. The Morgan fingerprint density at radius 1 is 0.913 bits per heavy atom. The number of aromatic nitrogens is 1. The van der Waals surface area contributed by atoms with Gasteiger partial charge in [-0.3, -0.25) is 14.4 Å². The normalized spacial score (nSPS) is 11.8. The van der Waals surface area contributed by atoms with Gasteiger partial charge in [0.15, 0.2) is 16.6 Å². The van der Waals surface area contributed by atoms with Crippen molar-refractivity contribution in [3.8, 4) is 22.8 Å². The van der Waals surface area contributed by atoms with Gasteiger partial charge in [-0.05, 0) is 73.7 Å². The molecular formula is C34H30N4O6S2. The van der Waals surface area contributed by atoms with Gasteiger partial charge in [0.1, 0.15) is 11.5 Å². The van der Waals surface area contributed by atoms with Crippen molar-refractivity contribution < 1.29 is 28.3 Å². The first-order valence-corrected chi connectivity index (χ1v) is 15.8. The molecule has 1 atom stereocenters. The Morgan fingerprint density at radius 2 is 1.67 bits per heavy atom. The number of nitrogens with one attached hydrogen (secondary N) is 3. The number of carbonyl (C=O) groups excluding carboxylic acids is 3. The van der Waals surface area contributed by atoms with Crippen LogP contribution in [-0.4, -0.2) is 42.2 Å². The van der Waals surface area contributed by atoms with E-state index in [0.717, 1.165) is 10.5 Å². The highest BCUT2D eigenvalue weighted by Crippen LogP contribution is 2.34. The lowest BCUT2D eigenvalue weighted by atomic mass is 10.1. The average Bonchev–Trinajstić information content (AvgIpc) is 3.78. The van der Waals surface area contributed by atoms with Crippen LogP contribution in [0.4, 0.5) is 10.8 Å². The van der Waals surface area contributed by atoms with E-state index in [2.05, 4.69) is 20.9 Å². The van der Waals surface area contributed by atoms with Gasteiger partial charge in [-0.2, -0.15) is 0 Å². The number of methoxy groups -OCH3 is 2.